The Morgan fingerprint density at radius 3 is 3.00 bits per heavy atom. The van der Waals surface area contributed by atoms with Crippen molar-refractivity contribution in [2.75, 3.05) is 7.05 Å². The van der Waals surface area contributed by atoms with E-state index in [2.05, 4.69) is 40.6 Å². The van der Waals surface area contributed by atoms with Crippen LogP contribution in [0.15, 0.2) is 28.8 Å². The normalized spacial score (nSPS) is 10.6. The van der Waals surface area contributed by atoms with Gasteiger partial charge in [-0.25, -0.2) is 0 Å². The highest BCUT2D eigenvalue weighted by Gasteiger charge is 2.05. The maximum Gasteiger partial charge on any atom is 0.240 e. The summed E-state index contributed by atoms with van der Waals surface area (Å²) in [6.07, 6.45) is 0.717. The highest BCUT2D eigenvalue weighted by Crippen LogP contribution is 2.08. The van der Waals surface area contributed by atoms with E-state index in [1.807, 2.05) is 13.1 Å². The summed E-state index contributed by atoms with van der Waals surface area (Å²) in [6, 6.07) is 8.32. The summed E-state index contributed by atoms with van der Waals surface area (Å²) in [5.74, 6) is 1.36. The maximum atomic E-state index is 5.08. The summed E-state index contributed by atoms with van der Waals surface area (Å²) >= 11 is 0. The molecule has 0 aliphatic carbocycles. The van der Waals surface area contributed by atoms with Crippen molar-refractivity contribution >= 4 is 0 Å². The molecule has 2 aromatic rings. The molecule has 0 amide bonds. The quantitative estimate of drug-likeness (QED) is 0.846. The lowest BCUT2D eigenvalue weighted by Gasteiger charge is -1.97. The van der Waals surface area contributed by atoms with Crippen LogP contribution in [-0.4, -0.2) is 17.2 Å². The second kappa shape index (κ2) is 4.90. The van der Waals surface area contributed by atoms with Crippen LogP contribution in [0.1, 0.15) is 22.8 Å². The number of rotatable bonds is 4. The van der Waals surface area contributed by atoms with Crippen molar-refractivity contribution in [3.8, 4) is 0 Å². The molecule has 0 radical (unpaired) electrons. The molecule has 0 unspecified atom stereocenters. The zero-order chi connectivity index (χ0) is 11.4. The summed E-state index contributed by atoms with van der Waals surface area (Å²) in [5.41, 5.74) is 2.45. The van der Waals surface area contributed by atoms with Crippen molar-refractivity contribution in [2.24, 2.45) is 0 Å². The number of nitrogens with zero attached hydrogens (tertiary/aromatic N) is 2. The molecule has 1 N–H and O–H groups in total. The van der Waals surface area contributed by atoms with Crippen LogP contribution in [0.5, 0.6) is 0 Å². The van der Waals surface area contributed by atoms with Crippen LogP contribution < -0.4 is 5.32 Å². The number of hydrogen-bond donors (Lipinski definition) is 1. The molecule has 0 aliphatic rings. The van der Waals surface area contributed by atoms with Crippen molar-refractivity contribution in [1.82, 2.24) is 15.5 Å². The van der Waals surface area contributed by atoms with E-state index in [4.69, 9.17) is 4.52 Å². The molecule has 1 heterocycles. The van der Waals surface area contributed by atoms with Crippen LogP contribution in [0.2, 0.25) is 0 Å². The highest BCUT2D eigenvalue weighted by atomic mass is 16.5. The fourth-order valence-electron chi connectivity index (χ4n) is 1.59. The molecule has 16 heavy (non-hydrogen) atoms. The molecule has 0 fully saturated rings. The predicted molar refractivity (Wildman–Crippen MR) is 61.0 cm³/mol. The number of aryl methyl sites for hydroxylation is 1. The minimum Gasteiger partial charge on any atom is -0.338 e. The first kappa shape index (κ1) is 10.8. The van der Waals surface area contributed by atoms with Crippen molar-refractivity contribution in [2.45, 2.75) is 19.9 Å². The van der Waals surface area contributed by atoms with Gasteiger partial charge in [-0.05, 0) is 19.5 Å². The minimum atomic E-state index is 0.612. The third-order valence-corrected chi connectivity index (χ3v) is 2.28. The highest BCUT2D eigenvalue weighted by molar-refractivity contribution is 5.24. The van der Waals surface area contributed by atoms with Crippen molar-refractivity contribution in [3.05, 3.63) is 47.1 Å². The molecule has 4 heteroatoms. The van der Waals surface area contributed by atoms with Crippen molar-refractivity contribution in [3.63, 3.8) is 0 Å². The van der Waals surface area contributed by atoms with Crippen molar-refractivity contribution in [1.29, 1.82) is 0 Å². The lowest BCUT2D eigenvalue weighted by molar-refractivity contribution is 0.367. The smallest absolute Gasteiger partial charge is 0.240 e. The number of hydrogen-bond acceptors (Lipinski definition) is 4. The molecular weight excluding hydrogens is 202 g/mol. The third kappa shape index (κ3) is 2.67. The molecule has 0 aliphatic heterocycles. The van der Waals surface area contributed by atoms with Gasteiger partial charge >= 0.3 is 0 Å². The second-order valence-electron chi connectivity index (χ2n) is 3.80. The summed E-state index contributed by atoms with van der Waals surface area (Å²) in [6.45, 7) is 2.69. The van der Waals surface area contributed by atoms with E-state index in [1.165, 1.54) is 11.1 Å². The van der Waals surface area contributed by atoms with Gasteiger partial charge in [-0.15, -0.1) is 0 Å². The van der Waals surface area contributed by atoms with Crippen molar-refractivity contribution < 1.29 is 4.52 Å². The Bertz CT molecular complexity index is 465. The number of aromatic nitrogens is 2. The first-order chi connectivity index (χ1) is 7.78. The zero-order valence-corrected chi connectivity index (χ0v) is 9.53. The Balaban J connectivity index is 2.08. The Labute approximate surface area is 94.7 Å². The van der Waals surface area contributed by atoms with E-state index in [-0.39, 0.29) is 0 Å². The Kier molecular flexibility index (Phi) is 3.31. The van der Waals surface area contributed by atoms with E-state index in [9.17, 15) is 0 Å². The van der Waals surface area contributed by atoms with E-state index < -0.39 is 0 Å². The van der Waals surface area contributed by atoms with Gasteiger partial charge in [-0.3, -0.25) is 0 Å². The molecule has 2 rings (SSSR count). The van der Waals surface area contributed by atoms with Gasteiger partial charge in [0.15, 0.2) is 5.82 Å². The molecular formula is C12H15N3O. The third-order valence-electron chi connectivity index (χ3n) is 2.28. The monoisotopic (exact) mass is 217 g/mol. The Hall–Kier alpha value is -1.68. The molecule has 0 spiro atoms. The fourth-order valence-corrected chi connectivity index (χ4v) is 1.59. The molecule has 84 valence electrons. The molecule has 4 nitrogen and oxygen atoms in total. The number of benzene rings is 1. The van der Waals surface area contributed by atoms with Gasteiger partial charge in [0.2, 0.25) is 5.89 Å². The second-order valence-corrected chi connectivity index (χ2v) is 3.80. The standard InChI is InChI=1S/C12H15N3O/c1-9-4-3-5-10(6-9)7-11-14-12(8-13-2)16-15-11/h3-6,13H,7-8H2,1-2H3. The van der Waals surface area contributed by atoms with E-state index in [0.29, 0.717) is 12.4 Å². The Morgan fingerprint density at radius 2 is 2.25 bits per heavy atom. The van der Waals surface area contributed by atoms with Gasteiger partial charge in [0.25, 0.3) is 0 Å². The van der Waals surface area contributed by atoms with Crippen LogP contribution in [0.3, 0.4) is 0 Å². The molecule has 0 bridgehead atoms. The molecule has 0 saturated carbocycles. The summed E-state index contributed by atoms with van der Waals surface area (Å²) in [5, 5.41) is 6.91. The molecule has 1 aromatic heterocycles. The predicted octanol–water partition coefficient (Wildman–Crippen LogP) is 1.69. The zero-order valence-electron chi connectivity index (χ0n) is 9.53. The summed E-state index contributed by atoms with van der Waals surface area (Å²) in [4.78, 5) is 4.28. The first-order valence-corrected chi connectivity index (χ1v) is 5.29. The van der Waals surface area contributed by atoms with Crippen LogP contribution in [0, 0.1) is 6.92 Å². The fraction of sp³-hybridized carbons (Fsp3) is 0.333. The number of nitrogens with one attached hydrogen (secondary N) is 1. The van der Waals surface area contributed by atoms with Crippen LogP contribution in [-0.2, 0) is 13.0 Å². The average molecular weight is 217 g/mol. The lowest BCUT2D eigenvalue weighted by atomic mass is 10.1. The van der Waals surface area contributed by atoms with Gasteiger partial charge in [-0.1, -0.05) is 35.0 Å². The minimum absolute atomic E-state index is 0.612. The van der Waals surface area contributed by atoms with E-state index in [1.54, 1.807) is 0 Å². The lowest BCUT2D eigenvalue weighted by Crippen LogP contribution is -2.05. The Morgan fingerprint density at radius 1 is 1.38 bits per heavy atom. The van der Waals surface area contributed by atoms with Gasteiger partial charge < -0.3 is 9.84 Å². The van der Waals surface area contributed by atoms with Gasteiger partial charge in [0.1, 0.15) is 0 Å². The topological polar surface area (TPSA) is 51.0 Å². The molecule has 1 aromatic carbocycles. The van der Waals surface area contributed by atoms with Gasteiger partial charge in [0.05, 0.1) is 6.54 Å². The van der Waals surface area contributed by atoms with Crippen LogP contribution in [0.4, 0.5) is 0 Å². The van der Waals surface area contributed by atoms with Gasteiger partial charge in [-0.2, -0.15) is 4.98 Å². The summed E-state index contributed by atoms with van der Waals surface area (Å²) < 4.78 is 5.08. The average Bonchev–Trinajstić information content (AvgIpc) is 2.66. The SMILES string of the molecule is CNCc1nc(Cc2cccc(C)c2)no1. The largest absolute Gasteiger partial charge is 0.338 e. The van der Waals surface area contributed by atoms with E-state index in [0.717, 1.165) is 12.2 Å². The maximum absolute atomic E-state index is 5.08. The molecule has 0 saturated heterocycles. The molecule has 0 atom stereocenters. The van der Waals surface area contributed by atoms with Crippen LogP contribution in [0.25, 0.3) is 0 Å². The van der Waals surface area contributed by atoms with E-state index >= 15 is 0 Å². The summed E-state index contributed by atoms with van der Waals surface area (Å²) in [7, 11) is 1.85. The van der Waals surface area contributed by atoms with Gasteiger partial charge in [0, 0.05) is 6.42 Å². The first-order valence-electron chi connectivity index (χ1n) is 5.29. The van der Waals surface area contributed by atoms with Crippen LogP contribution >= 0.6 is 0 Å².